The van der Waals surface area contributed by atoms with E-state index in [0.29, 0.717) is 0 Å². The maximum absolute atomic E-state index is 4.06. The van der Waals surface area contributed by atoms with Gasteiger partial charge in [-0.15, -0.1) is 0 Å². The van der Waals surface area contributed by atoms with Crippen LogP contribution in [-0.4, -0.2) is 0 Å². The number of allylic oxidation sites excluding steroid dienone is 1. The van der Waals surface area contributed by atoms with E-state index in [0.717, 1.165) is 0 Å². The van der Waals surface area contributed by atoms with Crippen LogP contribution in [0.5, 0.6) is 0 Å². The molecule has 23 heavy (non-hydrogen) atoms. The summed E-state index contributed by atoms with van der Waals surface area (Å²) in [7, 11) is 0. The van der Waals surface area contributed by atoms with Crippen LogP contribution in [0.3, 0.4) is 0 Å². The number of benzene rings is 3. The minimum absolute atomic E-state index is 1.22. The predicted molar refractivity (Wildman–Crippen MR) is 104 cm³/mol. The van der Waals surface area contributed by atoms with Gasteiger partial charge in [0.05, 0.1) is 0 Å². The molecular formula is C23H22. The third-order valence-corrected chi connectivity index (χ3v) is 4.40. The first-order valence-corrected chi connectivity index (χ1v) is 8.04. The Morgan fingerprint density at radius 2 is 1.61 bits per heavy atom. The molecule has 0 nitrogen and oxygen atoms in total. The summed E-state index contributed by atoms with van der Waals surface area (Å²) in [5.74, 6) is 0. The molecule has 0 aliphatic rings. The van der Waals surface area contributed by atoms with Crippen LogP contribution in [0.15, 0.2) is 61.2 Å². The van der Waals surface area contributed by atoms with Crippen LogP contribution in [0.4, 0.5) is 0 Å². The van der Waals surface area contributed by atoms with Crippen molar-refractivity contribution < 1.29 is 0 Å². The molecule has 0 heterocycles. The number of fused-ring (bicyclic) bond motifs is 1. The number of hydrogen-bond donors (Lipinski definition) is 0. The zero-order valence-corrected chi connectivity index (χ0v) is 14.1. The highest BCUT2D eigenvalue weighted by Gasteiger charge is 2.15. The summed E-state index contributed by atoms with van der Waals surface area (Å²) in [6.07, 6.45) is 6.28. The van der Waals surface area contributed by atoms with Crippen LogP contribution in [0.1, 0.15) is 29.2 Å². The van der Waals surface area contributed by atoms with Crippen molar-refractivity contribution in [2.75, 3.05) is 0 Å². The minimum atomic E-state index is 1.22. The first-order valence-electron chi connectivity index (χ1n) is 8.04. The topological polar surface area (TPSA) is 0 Å². The molecule has 0 amide bonds. The molecule has 0 fully saturated rings. The SMILES string of the molecule is C=Cc1c(/C=C\C)c(C)c(-c2ccccc2)c2ccc(C)cc12. The van der Waals surface area contributed by atoms with Crippen LogP contribution in [0, 0.1) is 13.8 Å². The lowest BCUT2D eigenvalue weighted by molar-refractivity contribution is 1.43. The quantitative estimate of drug-likeness (QED) is 0.499. The van der Waals surface area contributed by atoms with Crippen molar-refractivity contribution in [3.63, 3.8) is 0 Å². The van der Waals surface area contributed by atoms with Gasteiger partial charge in [0.25, 0.3) is 0 Å². The second kappa shape index (κ2) is 6.26. The smallest absolute Gasteiger partial charge is 0.00697 e. The van der Waals surface area contributed by atoms with E-state index in [2.05, 4.69) is 88.0 Å². The van der Waals surface area contributed by atoms with Gasteiger partial charge in [0.15, 0.2) is 0 Å². The van der Waals surface area contributed by atoms with Crippen LogP contribution >= 0.6 is 0 Å². The van der Waals surface area contributed by atoms with Gasteiger partial charge in [-0.1, -0.05) is 78.9 Å². The van der Waals surface area contributed by atoms with Crippen LogP contribution < -0.4 is 0 Å². The van der Waals surface area contributed by atoms with Crippen molar-refractivity contribution >= 4 is 22.9 Å². The lowest BCUT2D eigenvalue weighted by Crippen LogP contribution is -1.95. The average Bonchev–Trinajstić information content (AvgIpc) is 2.57. The Morgan fingerprint density at radius 1 is 0.870 bits per heavy atom. The minimum Gasteiger partial charge on any atom is -0.0984 e. The molecule has 3 aromatic rings. The van der Waals surface area contributed by atoms with E-state index >= 15 is 0 Å². The molecule has 0 saturated heterocycles. The molecule has 0 aliphatic heterocycles. The molecule has 0 aromatic heterocycles. The molecule has 0 saturated carbocycles. The maximum Gasteiger partial charge on any atom is -0.00697 e. The van der Waals surface area contributed by atoms with Gasteiger partial charge >= 0.3 is 0 Å². The Morgan fingerprint density at radius 3 is 2.26 bits per heavy atom. The van der Waals surface area contributed by atoms with E-state index in [-0.39, 0.29) is 0 Å². The Labute approximate surface area is 138 Å². The highest BCUT2D eigenvalue weighted by atomic mass is 14.2. The highest BCUT2D eigenvalue weighted by molar-refractivity contribution is 6.05. The van der Waals surface area contributed by atoms with Gasteiger partial charge in [0.2, 0.25) is 0 Å². The Balaban J connectivity index is 2.53. The van der Waals surface area contributed by atoms with E-state index in [1.807, 2.05) is 6.08 Å². The molecule has 0 aliphatic carbocycles. The average molecular weight is 298 g/mol. The fourth-order valence-corrected chi connectivity index (χ4v) is 3.36. The van der Waals surface area contributed by atoms with Crippen molar-refractivity contribution in [3.8, 4) is 11.1 Å². The van der Waals surface area contributed by atoms with Crippen molar-refractivity contribution in [1.29, 1.82) is 0 Å². The lowest BCUT2D eigenvalue weighted by atomic mass is 9.86. The Bertz CT molecular complexity index is 896. The molecule has 0 bridgehead atoms. The fourth-order valence-electron chi connectivity index (χ4n) is 3.36. The highest BCUT2D eigenvalue weighted by Crippen LogP contribution is 2.38. The largest absolute Gasteiger partial charge is 0.0984 e. The predicted octanol–water partition coefficient (Wildman–Crippen LogP) is 6.80. The summed E-state index contributed by atoms with van der Waals surface area (Å²) < 4.78 is 0. The lowest BCUT2D eigenvalue weighted by Gasteiger charge is -2.18. The molecule has 0 atom stereocenters. The zero-order valence-electron chi connectivity index (χ0n) is 14.1. The number of hydrogen-bond acceptors (Lipinski definition) is 0. The summed E-state index contributed by atoms with van der Waals surface area (Å²) in [5, 5.41) is 2.57. The van der Waals surface area contributed by atoms with E-state index in [9.17, 15) is 0 Å². The van der Waals surface area contributed by atoms with Gasteiger partial charge in [-0.25, -0.2) is 0 Å². The standard InChI is InChI=1S/C23H22/c1-5-10-20-17(4)23(18-11-8-7-9-12-18)21-14-13-16(3)15-22(21)19(20)6-2/h5-15H,2H2,1,3-4H3/b10-5-. The van der Waals surface area contributed by atoms with Crippen LogP contribution in [0.25, 0.3) is 34.1 Å². The van der Waals surface area contributed by atoms with E-state index in [1.54, 1.807) is 0 Å². The Hall–Kier alpha value is -2.60. The van der Waals surface area contributed by atoms with E-state index in [1.165, 1.54) is 44.2 Å². The molecule has 0 unspecified atom stereocenters. The van der Waals surface area contributed by atoms with Crippen molar-refractivity contribution in [3.05, 3.63) is 83.4 Å². The first-order chi connectivity index (χ1) is 11.2. The fraction of sp³-hybridized carbons (Fsp3) is 0.130. The van der Waals surface area contributed by atoms with Gasteiger partial charge in [0.1, 0.15) is 0 Å². The van der Waals surface area contributed by atoms with Crippen LogP contribution in [0.2, 0.25) is 0 Å². The van der Waals surface area contributed by atoms with Gasteiger partial charge in [-0.3, -0.25) is 0 Å². The molecule has 0 radical (unpaired) electrons. The summed E-state index contributed by atoms with van der Waals surface area (Å²) in [6, 6.07) is 17.4. The molecule has 0 heteroatoms. The summed E-state index contributed by atoms with van der Waals surface area (Å²) >= 11 is 0. The van der Waals surface area contributed by atoms with Gasteiger partial charge in [0, 0.05) is 0 Å². The Kier molecular flexibility index (Phi) is 4.16. The van der Waals surface area contributed by atoms with Crippen molar-refractivity contribution in [2.24, 2.45) is 0 Å². The normalized spacial score (nSPS) is 11.3. The molecule has 0 N–H and O–H groups in total. The summed E-state index contributed by atoms with van der Waals surface area (Å²) in [4.78, 5) is 0. The third kappa shape index (κ3) is 2.61. The van der Waals surface area contributed by atoms with Crippen LogP contribution in [-0.2, 0) is 0 Å². The maximum atomic E-state index is 4.06. The molecule has 3 rings (SSSR count). The third-order valence-electron chi connectivity index (χ3n) is 4.40. The van der Waals surface area contributed by atoms with Gasteiger partial charge < -0.3 is 0 Å². The molecule has 3 aromatic carbocycles. The number of rotatable bonds is 3. The van der Waals surface area contributed by atoms with E-state index in [4.69, 9.17) is 0 Å². The molecule has 114 valence electrons. The van der Waals surface area contributed by atoms with E-state index < -0.39 is 0 Å². The van der Waals surface area contributed by atoms with Crippen molar-refractivity contribution in [2.45, 2.75) is 20.8 Å². The molecular weight excluding hydrogens is 276 g/mol. The second-order valence-corrected chi connectivity index (χ2v) is 5.95. The monoisotopic (exact) mass is 298 g/mol. The first kappa shape index (κ1) is 15.3. The summed E-state index contributed by atoms with van der Waals surface area (Å²) in [5.41, 5.74) is 7.65. The van der Waals surface area contributed by atoms with Gasteiger partial charge in [-0.2, -0.15) is 0 Å². The zero-order chi connectivity index (χ0) is 16.4. The van der Waals surface area contributed by atoms with Gasteiger partial charge in [-0.05, 0) is 59.4 Å². The van der Waals surface area contributed by atoms with Crippen molar-refractivity contribution in [1.82, 2.24) is 0 Å². The molecule has 0 spiro atoms. The summed E-state index contributed by atoms with van der Waals surface area (Å²) in [6.45, 7) is 10.5. The second-order valence-electron chi connectivity index (χ2n) is 5.95. The number of aryl methyl sites for hydroxylation is 1.